The van der Waals surface area contributed by atoms with Gasteiger partial charge in [-0.05, 0) is 36.2 Å². The van der Waals surface area contributed by atoms with Crippen molar-refractivity contribution in [3.8, 4) is 0 Å². The van der Waals surface area contributed by atoms with Crippen molar-refractivity contribution < 1.29 is 9.72 Å². The summed E-state index contributed by atoms with van der Waals surface area (Å²) in [4.78, 5) is 23.4. The fourth-order valence-corrected chi connectivity index (χ4v) is 4.09. The van der Waals surface area contributed by atoms with E-state index >= 15 is 0 Å². The molecule has 0 fully saturated rings. The number of aromatic nitrogens is 6. The van der Waals surface area contributed by atoms with Gasteiger partial charge in [0, 0.05) is 18.5 Å². The Kier molecular flexibility index (Phi) is 5.57. The Morgan fingerprint density at radius 2 is 1.74 bits per heavy atom. The van der Waals surface area contributed by atoms with Crippen molar-refractivity contribution in [2.24, 2.45) is 0 Å². The lowest BCUT2D eigenvalue weighted by Crippen LogP contribution is -2.16. The summed E-state index contributed by atoms with van der Waals surface area (Å²) in [5, 5.41) is 29.2. The lowest BCUT2D eigenvalue weighted by Gasteiger charge is -2.07. The fraction of sp³-hybridized carbons (Fsp3) is 0.167. The molecule has 0 saturated heterocycles. The molecule has 1 amide bonds. The molecule has 0 spiro atoms. The highest BCUT2D eigenvalue weighted by atomic mass is 16.6. The maximum absolute atomic E-state index is 12.7. The second kappa shape index (κ2) is 8.86. The lowest BCUT2D eigenvalue weighted by molar-refractivity contribution is -0.386. The van der Waals surface area contributed by atoms with Crippen LogP contribution in [0.4, 0.5) is 11.5 Å². The standard InChI is InChI=1S/C24H22N8O3/c1-16-23(32(34)35)17(2)31(26-16)15-30-12-10-21(27-30)24(33)25-22-11-13-29(28-22)14-19-8-5-7-18-6-3-4-9-20(18)19/h3-13H,14-15H2,1-2H3,(H,25,28,33). The molecule has 0 atom stereocenters. The van der Waals surface area contributed by atoms with E-state index in [2.05, 4.69) is 44.9 Å². The van der Waals surface area contributed by atoms with Crippen LogP contribution in [0, 0.1) is 24.0 Å². The van der Waals surface area contributed by atoms with E-state index in [1.165, 1.54) is 9.36 Å². The molecule has 11 heteroatoms. The predicted octanol–water partition coefficient (Wildman–Crippen LogP) is 3.76. The van der Waals surface area contributed by atoms with Gasteiger partial charge in [0.1, 0.15) is 18.1 Å². The van der Waals surface area contributed by atoms with Crippen molar-refractivity contribution in [1.82, 2.24) is 29.3 Å². The highest BCUT2D eigenvalue weighted by Gasteiger charge is 2.22. The second-order valence-electron chi connectivity index (χ2n) is 8.15. The van der Waals surface area contributed by atoms with E-state index in [9.17, 15) is 14.9 Å². The van der Waals surface area contributed by atoms with Crippen molar-refractivity contribution in [1.29, 1.82) is 0 Å². The minimum atomic E-state index is -0.449. The molecule has 0 saturated carbocycles. The number of carbonyl (C=O) groups excluding carboxylic acids is 1. The Morgan fingerprint density at radius 3 is 2.54 bits per heavy atom. The van der Waals surface area contributed by atoms with Gasteiger partial charge in [-0.3, -0.25) is 24.3 Å². The number of nitrogens with zero attached hydrogens (tertiary/aromatic N) is 7. The van der Waals surface area contributed by atoms with E-state index < -0.39 is 10.8 Å². The highest BCUT2D eigenvalue weighted by Crippen LogP contribution is 2.22. The zero-order valence-corrected chi connectivity index (χ0v) is 19.1. The van der Waals surface area contributed by atoms with E-state index in [0.29, 0.717) is 23.8 Å². The highest BCUT2D eigenvalue weighted by molar-refractivity contribution is 6.02. The molecular formula is C24H22N8O3. The predicted molar refractivity (Wildman–Crippen MR) is 129 cm³/mol. The second-order valence-corrected chi connectivity index (χ2v) is 8.15. The van der Waals surface area contributed by atoms with E-state index in [-0.39, 0.29) is 18.1 Å². The van der Waals surface area contributed by atoms with Crippen LogP contribution < -0.4 is 5.32 Å². The smallest absolute Gasteiger partial charge is 0.304 e. The van der Waals surface area contributed by atoms with Crippen molar-refractivity contribution in [3.05, 3.63) is 99.8 Å². The molecule has 0 aliphatic rings. The van der Waals surface area contributed by atoms with Crippen molar-refractivity contribution in [2.75, 3.05) is 5.32 Å². The average molecular weight is 470 g/mol. The molecule has 2 aromatic carbocycles. The molecule has 0 bridgehead atoms. The maximum atomic E-state index is 12.7. The Bertz CT molecular complexity index is 1560. The largest absolute Gasteiger partial charge is 0.312 e. The number of nitrogens with one attached hydrogen (secondary N) is 1. The van der Waals surface area contributed by atoms with Crippen LogP contribution in [0.25, 0.3) is 10.8 Å². The van der Waals surface area contributed by atoms with Crippen molar-refractivity contribution >= 4 is 28.2 Å². The van der Waals surface area contributed by atoms with E-state index in [4.69, 9.17) is 0 Å². The first-order valence-electron chi connectivity index (χ1n) is 10.9. The number of rotatable bonds is 7. The first-order valence-corrected chi connectivity index (χ1v) is 10.9. The Balaban J connectivity index is 1.26. The summed E-state index contributed by atoms with van der Waals surface area (Å²) in [5.74, 6) is 0.0115. The topological polar surface area (TPSA) is 126 Å². The van der Waals surface area contributed by atoms with Crippen LogP contribution in [-0.4, -0.2) is 40.2 Å². The van der Waals surface area contributed by atoms with Crippen LogP contribution in [0.3, 0.4) is 0 Å². The molecular weight excluding hydrogens is 448 g/mol. The number of nitro groups is 1. The van der Waals surface area contributed by atoms with Gasteiger partial charge in [0.2, 0.25) is 0 Å². The van der Waals surface area contributed by atoms with Gasteiger partial charge in [-0.2, -0.15) is 15.3 Å². The summed E-state index contributed by atoms with van der Waals surface area (Å²) in [7, 11) is 0. The summed E-state index contributed by atoms with van der Waals surface area (Å²) in [5.41, 5.74) is 2.06. The molecule has 11 nitrogen and oxygen atoms in total. The van der Waals surface area contributed by atoms with Crippen LogP contribution in [0.1, 0.15) is 27.4 Å². The number of hydrogen-bond acceptors (Lipinski definition) is 6. The molecule has 5 aromatic rings. The van der Waals surface area contributed by atoms with E-state index in [0.717, 1.165) is 16.3 Å². The molecule has 0 aliphatic carbocycles. The van der Waals surface area contributed by atoms with Crippen LogP contribution in [-0.2, 0) is 13.2 Å². The normalized spacial score (nSPS) is 11.1. The number of carbonyl (C=O) groups is 1. The van der Waals surface area contributed by atoms with Crippen molar-refractivity contribution in [3.63, 3.8) is 0 Å². The molecule has 3 heterocycles. The minimum Gasteiger partial charge on any atom is -0.304 e. The summed E-state index contributed by atoms with van der Waals surface area (Å²) < 4.78 is 4.75. The summed E-state index contributed by atoms with van der Waals surface area (Å²) in [6, 6.07) is 17.6. The molecule has 5 rings (SSSR count). The first kappa shape index (κ1) is 22.0. The SMILES string of the molecule is Cc1nn(Cn2ccc(C(=O)Nc3ccn(Cc4cccc5ccccc45)n3)n2)c(C)c1[N+](=O)[O-]. The van der Waals surface area contributed by atoms with Gasteiger partial charge in [-0.15, -0.1) is 0 Å². The molecule has 176 valence electrons. The van der Waals surface area contributed by atoms with E-state index in [1.54, 1.807) is 36.9 Å². The van der Waals surface area contributed by atoms with Gasteiger partial charge in [-0.25, -0.2) is 4.68 Å². The third kappa shape index (κ3) is 4.38. The number of amides is 1. The summed E-state index contributed by atoms with van der Waals surface area (Å²) in [6.07, 6.45) is 3.43. The van der Waals surface area contributed by atoms with Gasteiger partial charge < -0.3 is 5.32 Å². The first-order chi connectivity index (χ1) is 16.9. The van der Waals surface area contributed by atoms with Crippen LogP contribution in [0.15, 0.2) is 67.0 Å². The van der Waals surface area contributed by atoms with Gasteiger partial charge in [0.15, 0.2) is 11.5 Å². The number of anilines is 1. The van der Waals surface area contributed by atoms with Crippen LogP contribution in [0.5, 0.6) is 0 Å². The van der Waals surface area contributed by atoms with Gasteiger partial charge >= 0.3 is 5.69 Å². The summed E-state index contributed by atoms with van der Waals surface area (Å²) in [6.45, 7) is 3.93. The fourth-order valence-electron chi connectivity index (χ4n) is 4.09. The summed E-state index contributed by atoms with van der Waals surface area (Å²) >= 11 is 0. The van der Waals surface area contributed by atoms with Gasteiger partial charge in [0.05, 0.1) is 11.5 Å². The molecule has 35 heavy (non-hydrogen) atoms. The lowest BCUT2D eigenvalue weighted by atomic mass is 10.0. The average Bonchev–Trinajstić information content (AvgIpc) is 3.54. The Labute approximate surface area is 199 Å². The van der Waals surface area contributed by atoms with Gasteiger partial charge in [-0.1, -0.05) is 42.5 Å². The Morgan fingerprint density at radius 1 is 0.971 bits per heavy atom. The third-order valence-corrected chi connectivity index (χ3v) is 5.77. The molecule has 0 radical (unpaired) electrons. The minimum absolute atomic E-state index is 0.0193. The Hall–Kier alpha value is -4.80. The number of hydrogen-bond donors (Lipinski definition) is 1. The number of aryl methyl sites for hydroxylation is 1. The van der Waals surface area contributed by atoms with Crippen molar-refractivity contribution in [2.45, 2.75) is 27.1 Å². The number of benzene rings is 2. The molecule has 1 N–H and O–H groups in total. The molecule has 0 aliphatic heterocycles. The monoisotopic (exact) mass is 470 g/mol. The maximum Gasteiger partial charge on any atom is 0.312 e. The number of fused-ring (bicyclic) bond motifs is 1. The van der Waals surface area contributed by atoms with Gasteiger partial charge in [0.25, 0.3) is 5.91 Å². The quantitative estimate of drug-likeness (QED) is 0.285. The zero-order chi connectivity index (χ0) is 24.5. The zero-order valence-electron chi connectivity index (χ0n) is 19.1. The third-order valence-electron chi connectivity index (χ3n) is 5.77. The van der Waals surface area contributed by atoms with E-state index in [1.807, 2.05) is 24.4 Å². The van der Waals surface area contributed by atoms with Crippen LogP contribution >= 0.6 is 0 Å². The molecule has 0 unspecified atom stereocenters. The van der Waals surface area contributed by atoms with Crippen LogP contribution in [0.2, 0.25) is 0 Å². The molecule has 3 aromatic heterocycles.